The molecule has 3 unspecified atom stereocenters. The van der Waals surface area contributed by atoms with Crippen LogP contribution >= 0.6 is 0 Å². The van der Waals surface area contributed by atoms with E-state index in [-0.39, 0.29) is 29.8 Å². The summed E-state index contributed by atoms with van der Waals surface area (Å²) in [5, 5.41) is 6.15. The van der Waals surface area contributed by atoms with E-state index in [1.807, 2.05) is 13.8 Å². The number of nitrogens with one attached hydrogen (secondary N) is 2. The van der Waals surface area contributed by atoms with Gasteiger partial charge in [0, 0.05) is 12.6 Å². The lowest BCUT2D eigenvalue weighted by molar-refractivity contribution is -0.125. The number of rotatable bonds is 6. The molecule has 0 heterocycles. The van der Waals surface area contributed by atoms with E-state index < -0.39 is 0 Å². The maximum atomic E-state index is 11.8. The maximum absolute atomic E-state index is 11.8. The molecule has 2 amide bonds. The van der Waals surface area contributed by atoms with Gasteiger partial charge < -0.3 is 16.4 Å². The van der Waals surface area contributed by atoms with Crippen molar-refractivity contribution in [3.05, 3.63) is 0 Å². The van der Waals surface area contributed by atoms with E-state index in [2.05, 4.69) is 10.6 Å². The molecule has 1 fully saturated rings. The van der Waals surface area contributed by atoms with Gasteiger partial charge in [-0.2, -0.15) is 0 Å². The Bertz CT molecular complexity index is 307. The highest BCUT2D eigenvalue weighted by Gasteiger charge is 2.30. The highest BCUT2D eigenvalue weighted by Crippen LogP contribution is 2.23. The van der Waals surface area contributed by atoms with Crippen LogP contribution < -0.4 is 16.4 Å². The largest absolute Gasteiger partial charge is 0.369 e. The summed E-state index contributed by atoms with van der Waals surface area (Å²) in [5.74, 6) is -0.404. The molecule has 0 aromatic carbocycles. The lowest BCUT2D eigenvalue weighted by Gasteiger charge is -2.26. The van der Waals surface area contributed by atoms with Crippen LogP contribution in [0.15, 0.2) is 0 Å². The normalized spacial score (nSPS) is 25.4. The highest BCUT2D eigenvalue weighted by atomic mass is 16.2. The molecule has 1 saturated carbocycles. The summed E-state index contributed by atoms with van der Waals surface area (Å²) in [5.41, 5.74) is 5.48. The van der Waals surface area contributed by atoms with Gasteiger partial charge in [-0.15, -0.1) is 0 Å². The third kappa shape index (κ3) is 5.19. The molecule has 0 aliphatic heterocycles. The molecule has 4 N–H and O–H groups in total. The molecule has 5 heteroatoms. The van der Waals surface area contributed by atoms with E-state index in [0.717, 1.165) is 38.5 Å². The zero-order valence-electron chi connectivity index (χ0n) is 12.1. The van der Waals surface area contributed by atoms with E-state index in [0.29, 0.717) is 6.54 Å². The Morgan fingerprint density at radius 3 is 2.58 bits per heavy atom. The van der Waals surface area contributed by atoms with Crippen molar-refractivity contribution in [2.45, 2.75) is 64.5 Å². The van der Waals surface area contributed by atoms with Crippen molar-refractivity contribution in [2.24, 2.45) is 11.7 Å². The Morgan fingerprint density at radius 2 is 1.95 bits per heavy atom. The summed E-state index contributed by atoms with van der Waals surface area (Å²) < 4.78 is 0. The fraction of sp³-hybridized carbons (Fsp3) is 0.857. The van der Waals surface area contributed by atoms with Gasteiger partial charge in [-0.1, -0.05) is 26.2 Å². The number of hydrogen-bond acceptors (Lipinski definition) is 3. The van der Waals surface area contributed by atoms with Crippen LogP contribution in [0.2, 0.25) is 0 Å². The zero-order valence-corrected chi connectivity index (χ0v) is 12.1. The first-order chi connectivity index (χ1) is 9.06. The highest BCUT2D eigenvalue weighted by molar-refractivity contribution is 5.81. The third-order valence-electron chi connectivity index (χ3n) is 3.79. The molecule has 0 aromatic heterocycles. The Labute approximate surface area is 115 Å². The Balaban J connectivity index is 2.55. The molecule has 110 valence electrons. The number of primary amides is 1. The van der Waals surface area contributed by atoms with Gasteiger partial charge in [-0.05, 0) is 26.2 Å². The minimum absolute atomic E-state index is 0.00526. The summed E-state index contributed by atoms with van der Waals surface area (Å²) in [6.45, 7) is 4.55. The van der Waals surface area contributed by atoms with Gasteiger partial charge >= 0.3 is 0 Å². The number of carbonyl (C=O) groups is 2. The predicted octanol–water partition coefficient (Wildman–Crippen LogP) is 0.925. The van der Waals surface area contributed by atoms with Crippen molar-refractivity contribution >= 4 is 11.8 Å². The van der Waals surface area contributed by atoms with Crippen LogP contribution in [-0.4, -0.2) is 30.4 Å². The Hall–Kier alpha value is -1.10. The van der Waals surface area contributed by atoms with Crippen molar-refractivity contribution in [3.63, 3.8) is 0 Å². The maximum Gasteiger partial charge on any atom is 0.236 e. The van der Waals surface area contributed by atoms with Crippen LogP contribution in [-0.2, 0) is 9.59 Å². The quantitative estimate of drug-likeness (QED) is 0.627. The summed E-state index contributed by atoms with van der Waals surface area (Å²) in [7, 11) is 0. The molecule has 0 aromatic rings. The zero-order chi connectivity index (χ0) is 14.3. The molecular weight excluding hydrogens is 242 g/mol. The first-order valence-corrected chi connectivity index (χ1v) is 7.39. The Morgan fingerprint density at radius 1 is 1.26 bits per heavy atom. The number of carbonyl (C=O) groups excluding carboxylic acids is 2. The van der Waals surface area contributed by atoms with Crippen LogP contribution in [0.3, 0.4) is 0 Å². The Kier molecular flexibility index (Phi) is 6.84. The lowest BCUT2D eigenvalue weighted by atomic mass is 9.93. The van der Waals surface area contributed by atoms with E-state index in [1.165, 1.54) is 0 Å². The fourth-order valence-electron chi connectivity index (χ4n) is 2.65. The summed E-state index contributed by atoms with van der Waals surface area (Å²) in [6, 6.07) is -0.251. The molecule has 1 rings (SSSR count). The number of nitrogens with two attached hydrogens (primary N) is 1. The SMILES string of the molecule is CCCNC(=O)C(C)NC1CCCCCC1C(N)=O. The van der Waals surface area contributed by atoms with Crippen LogP contribution in [0.1, 0.15) is 52.4 Å². The van der Waals surface area contributed by atoms with Gasteiger partial charge in [-0.25, -0.2) is 0 Å². The molecule has 0 saturated heterocycles. The standard InChI is InChI=1S/C14H27N3O2/c1-3-9-16-14(19)10(2)17-12-8-6-4-5-7-11(12)13(15)18/h10-12,17H,3-9H2,1-2H3,(H2,15,18)(H,16,19). The minimum atomic E-state index is -0.281. The molecule has 19 heavy (non-hydrogen) atoms. The fourth-order valence-corrected chi connectivity index (χ4v) is 2.65. The molecule has 0 spiro atoms. The van der Waals surface area contributed by atoms with Crippen LogP contribution in [0, 0.1) is 5.92 Å². The smallest absolute Gasteiger partial charge is 0.236 e. The lowest BCUT2D eigenvalue weighted by Crippen LogP contribution is -2.51. The van der Waals surface area contributed by atoms with Crippen LogP contribution in [0.4, 0.5) is 0 Å². The first kappa shape index (κ1) is 16.0. The second-order valence-corrected chi connectivity index (χ2v) is 5.43. The van der Waals surface area contributed by atoms with Crippen molar-refractivity contribution in [2.75, 3.05) is 6.54 Å². The van der Waals surface area contributed by atoms with Crippen molar-refractivity contribution in [3.8, 4) is 0 Å². The third-order valence-corrected chi connectivity index (χ3v) is 3.79. The van der Waals surface area contributed by atoms with E-state index in [9.17, 15) is 9.59 Å². The van der Waals surface area contributed by atoms with Crippen LogP contribution in [0.5, 0.6) is 0 Å². The summed E-state index contributed by atoms with van der Waals surface area (Å²) >= 11 is 0. The second-order valence-electron chi connectivity index (χ2n) is 5.43. The van der Waals surface area contributed by atoms with E-state index in [4.69, 9.17) is 5.73 Å². The molecule has 1 aliphatic carbocycles. The van der Waals surface area contributed by atoms with Gasteiger partial charge in [0.15, 0.2) is 0 Å². The van der Waals surface area contributed by atoms with Gasteiger partial charge in [0.05, 0.1) is 12.0 Å². The average molecular weight is 269 g/mol. The topological polar surface area (TPSA) is 84.2 Å². The van der Waals surface area contributed by atoms with Crippen molar-refractivity contribution < 1.29 is 9.59 Å². The van der Waals surface area contributed by atoms with Gasteiger partial charge in [-0.3, -0.25) is 9.59 Å². The first-order valence-electron chi connectivity index (χ1n) is 7.39. The van der Waals surface area contributed by atoms with E-state index >= 15 is 0 Å². The second kappa shape index (κ2) is 8.15. The monoisotopic (exact) mass is 269 g/mol. The predicted molar refractivity (Wildman–Crippen MR) is 75.5 cm³/mol. The number of hydrogen-bond donors (Lipinski definition) is 3. The average Bonchev–Trinajstić information content (AvgIpc) is 2.61. The van der Waals surface area contributed by atoms with Crippen molar-refractivity contribution in [1.82, 2.24) is 10.6 Å². The summed E-state index contributed by atoms with van der Waals surface area (Å²) in [6.07, 6.45) is 5.94. The van der Waals surface area contributed by atoms with Crippen molar-refractivity contribution in [1.29, 1.82) is 0 Å². The molecule has 3 atom stereocenters. The van der Waals surface area contributed by atoms with Gasteiger partial charge in [0.2, 0.25) is 11.8 Å². The molecule has 0 bridgehead atoms. The van der Waals surface area contributed by atoms with Gasteiger partial charge in [0.1, 0.15) is 0 Å². The summed E-state index contributed by atoms with van der Waals surface area (Å²) in [4.78, 5) is 23.4. The molecule has 0 radical (unpaired) electrons. The number of amides is 2. The molecular formula is C14H27N3O2. The van der Waals surface area contributed by atoms with Crippen LogP contribution in [0.25, 0.3) is 0 Å². The molecule has 1 aliphatic rings. The minimum Gasteiger partial charge on any atom is -0.369 e. The van der Waals surface area contributed by atoms with Gasteiger partial charge in [0.25, 0.3) is 0 Å². The van der Waals surface area contributed by atoms with E-state index in [1.54, 1.807) is 0 Å². The molecule has 5 nitrogen and oxygen atoms in total.